The normalized spacial score (nSPS) is 12.5. The van der Waals surface area contributed by atoms with Gasteiger partial charge in [-0.15, -0.1) is 0 Å². The summed E-state index contributed by atoms with van der Waals surface area (Å²) < 4.78 is 29.4. The van der Waals surface area contributed by atoms with Crippen molar-refractivity contribution in [1.82, 2.24) is 14.9 Å². The lowest BCUT2D eigenvalue weighted by molar-refractivity contribution is 0.573. The molecule has 1 heterocycles. The van der Waals surface area contributed by atoms with Crippen LogP contribution in [0.3, 0.4) is 0 Å². The van der Waals surface area contributed by atoms with Gasteiger partial charge in [0.2, 0.25) is 10.0 Å². The number of hydrogen-bond donors (Lipinski definition) is 2. The molecule has 0 saturated carbocycles. The molecular formula is C22H35N3O2S. The molecule has 6 heteroatoms. The van der Waals surface area contributed by atoms with E-state index in [4.69, 9.17) is 0 Å². The average Bonchev–Trinajstić information content (AvgIpc) is 3.02. The Hall–Kier alpha value is -1.66. The Kier molecular flexibility index (Phi) is 7.46. The van der Waals surface area contributed by atoms with E-state index >= 15 is 0 Å². The monoisotopic (exact) mass is 405 g/mol. The fourth-order valence-corrected chi connectivity index (χ4v) is 5.15. The van der Waals surface area contributed by atoms with E-state index in [-0.39, 0.29) is 11.8 Å². The van der Waals surface area contributed by atoms with Crippen LogP contribution in [0.1, 0.15) is 93.7 Å². The molecule has 28 heavy (non-hydrogen) atoms. The van der Waals surface area contributed by atoms with E-state index in [0.717, 1.165) is 35.2 Å². The number of sulfonamides is 1. The number of aromatic amines is 1. The second-order valence-corrected chi connectivity index (χ2v) is 10.2. The Labute approximate surface area is 170 Å². The third kappa shape index (κ3) is 5.23. The van der Waals surface area contributed by atoms with Crippen LogP contribution in [0.5, 0.6) is 0 Å². The first-order valence-corrected chi connectivity index (χ1v) is 11.7. The summed E-state index contributed by atoms with van der Waals surface area (Å²) in [5, 5.41) is 6.93. The van der Waals surface area contributed by atoms with Gasteiger partial charge in [-0.1, -0.05) is 53.7 Å². The predicted molar refractivity (Wildman–Crippen MR) is 116 cm³/mol. The first-order chi connectivity index (χ1) is 13.0. The number of nitrogens with one attached hydrogen (secondary N) is 2. The van der Waals surface area contributed by atoms with Crippen LogP contribution in [0.25, 0.3) is 0 Å². The maximum atomic E-state index is 13.3. The number of benzene rings is 1. The third-order valence-electron chi connectivity index (χ3n) is 5.20. The second-order valence-electron chi connectivity index (χ2n) is 8.51. The molecule has 0 unspecified atom stereocenters. The third-order valence-corrected chi connectivity index (χ3v) is 6.79. The van der Waals surface area contributed by atoms with E-state index in [1.54, 1.807) is 0 Å². The van der Waals surface area contributed by atoms with E-state index in [1.165, 1.54) is 5.56 Å². The fourth-order valence-electron chi connectivity index (χ4n) is 3.39. The summed E-state index contributed by atoms with van der Waals surface area (Å²) in [6, 6.07) is 4.15. The van der Waals surface area contributed by atoms with Crippen LogP contribution in [-0.2, 0) is 16.4 Å². The summed E-state index contributed by atoms with van der Waals surface area (Å²) in [7, 11) is -3.58. The van der Waals surface area contributed by atoms with Crippen LogP contribution in [0, 0.1) is 6.92 Å². The molecule has 156 valence electrons. The molecule has 0 radical (unpaired) electrons. The van der Waals surface area contributed by atoms with Crippen molar-refractivity contribution < 1.29 is 8.42 Å². The van der Waals surface area contributed by atoms with Crippen LogP contribution in [0.4, 0.5) is 0 Å². The van der Waals surface area contributed by atoms with Crippen LogP contribution >= 0.6 is 0 Å². The summed E-state index contributed by atoms with van der Waals surface area (Å²) in [6.07, 6.45) is 3.34. The molecular weight excluding hydrogens is 370 g/mol. The van der Waals surface area contributed by atoms with Gasteiger partial charge in [0.15, 0.2) is 0 Å². The van der Waals surface area contributed by atoms with Gasteiger partial charge in [-0.2, -0.15) is 5.10 Å². The molecule has 0 bridgehead atoms. The molecule has 0 aliphatic heterocycles. The van der Waals surface area contributed by atoms with E-state index < -0.39 is 10.0 Å². The molecule has 0 saturated heterocycles. The minimum absolute atomic E-state index is 0.136. The van der Waals surface area contributed by atoms with Gasteiger partial charge in [-0.25, -0.2) is 13.1 Å². The maximum Gasteiger partial charge on any atom is 0.241 e. The molecule has 2 rings (SSSR count). The second kappa shape index (κ2) is 9.23. The molecule has 0 amide bonds. The van der Waals surface area contributed by atoms with Crippen LogP contribution in [0.2, 0.25) is 0 Å². The Morgan fingerprint density at radius 3 is 2.00 bits per heavy atom. The van der Waals surface area contributed by atoms with Gasteiger partial charge >= 0.3 is 0 Å². The van der Waals surface area contributed by atoms with Crippen molar-refractivity contribution in [3.8, 4) is 0 Å². The number of hydrogen-bond acceptors (Lipinski definition) is 3. The fraction of sp³-hybridized carbons (Fsp3) is 0.591. The summed E-state index contributed by atoms with van der Waals surface area (Å²) in [6.45, 7) is 14.9. The Balaban J connectivity index is 2.30. The molecule has 1 aromatic carbocycles. The molecule has 0 aliphatic carbocycles. The van der Waals surface area contributed by atoms with Crippen molar-refractivity contribution in [3.63, 3.8) is 0 Å². The highest BCUT2D eigenvalue weighted by atomic mass is 32.2. The standard InChI is InChI=1S/C22H35N3O2S/c1-14(2)19-11-20(15(3)4)22(21(12-19)16(5)6)28(26,27)24-10-8-9-18-13-23-25-17(18)7/h11-16,24H,8-10H2,1-7H3,(H,23,25). The van der Waals surface area contributed by atoms with Crippen molar-refractivity contribution >= 4 is 10.0 Å². The van der Waals surface area contributed by atoms with Crippen LogP contribution in [-0.4, -0.2) is 25.2 Å². The average molecular weight is 406 g/mol. The number of H-pyrrole nitrogens is 1. The lowest BCUT2D eigenvalue weighted by atomic mass is 9.89. The molecule has 2 N–H and O–H groups in total. The molecule has 0 spiro atoms. The number of aromatic nitrogens is 2. The summed E-state index contributed by atoms with van der Waals surface area (Å²) >= 11 is 0. The van der Waals surface area contributed by atoms with E-state index in [9.17, 15) is 8.42 Å². The quantitative estimate of drug-likeness (QED) is 0.577. The van der Waals surface area contributed by atoms with Crippen molar-refractivity contribution in [3.05, 3.63) is 46.3 Å². The largest absolute Gasteiger partial charge is 0.283 e. The van der Waals surface area contributed by atoms with Gasteiger partial charge in [-0.05, 0) is 59.8 Å². The smallest absolute Gasteiger partial charge is 0.241 e. The number of rotatable bonds is 9. The van der Waals surface area contributed by atoms with E-state index in [0.29, 0.717) is 17.4 Å². The summed E-state index contributed by atoms with van der Waals surface area (Å²) in [5.41, 5.74) is 5.19. The maximum absolute atomic E-state index is 13.3. The Morgan fingerprint density at radius 2 is 1.57 bits per heavy atom. The van der Waals surface area contributed by atoms with Gasteiger partial charge in [0, 0.05) is 12.2 Å². The van der Waals surface area contributed by atoms with Gasteiger partial charge in [0.25, 0.3) is 0 Å². The molecule has 0 aliphatic rings. The van der Waals surface area contributed by atoms with Crippen molar-refractivity contribution in [2.24, 2.45) is 0 Å². The summed E-state index contributed by atoms with van der Waals surface area (Å²) in [5.74, 6) is 0.630. The Bertz CT molecular complexity index is 867. The van der Waals surface area contributed by atoms with Crippen LogP contribution in [0.15, 0.2) is 23.2 Å². The SMILES string of the molecule is Cc1[nH]ncc1CCCNS(=O)(=O)c1c(C(C)C)cc(C(C)C)cc1C(C)C. The van der Waals surface area contributed by atoms with Gasteiger partial charge in [0.1, 0.15) is 0 Å². The molecule has 1 aromatic heterocycles. The predicted octanol–water partition coefficient (Wildman–Crippen LogP) is 5.00. The zero-order valence-electron chi connectivity index (χ0n) is 18.3. The topological polar surface area (TPSA) is 74.8 Å². The van der Waals surface area contributed by atoms with Crippen molar-refractivity contribution in [2.75, 3.05) is 6.54 Å². The molecule has 0 atom stereocenters. The minimum Gasteiger partial charge on any atom is -0.283 e. The zero-order valence-corrected chi connectivity index (χ0v) is 19.1. The highest BCUT2D eigenvalue weighted by Crippen LogP contribution is 2.35. The van der Waals surface area contributed by atoms with Crippen molar-refractivity contribution in [2.45, 2.75) is 84.0 Å². The van der Waals surface area contributed by atoms with Gasteiger partial charge in [0.05, 0.1) is 11.1 Å². The van der Waals surface area contributed by atoms with Crippen LogP contribution < -0.4 is 4.72 Å². The van der Waals surface area contributed by atoms with Gasteiger partial charge in [-0.3, -0.25) is 5.10 Å². The van der Waals surface area contributed by atoms with Crippen molar-refractivity contribution in [1.29, 1.82) is 0 Å². The molecule has 5 nitrogen and oxygen atoms in total. The lowest BCUT2D eigenvalue weighted by Crippen LogP contribution is -2.28. The first kappa shape index (κ1) is 22.6. The Morgan fingerprint density at radius 1 is 1.00 bits per heavy atom. The minimum atomic E-state index is -3.58. The molecule has 2 aromatic rings. The zero-order chi connectivity index (χ0) is 21.1. The van der Waals surface area contributed by atoms with E-state index in [2.05, 4.69) is 68.6 Å². The highest BCUT2D eigenvalue weighted by molar-refractivity contribution is 7.89. The highest BCUT2D eigenvalue weighted by Gasteiger charge is 2.26. The van der Waals surface area contributed by atoms with Gasteiger partial charge < -0.3 is 0 Å². The number of nitrogens with zero attached hydrogens (tertiary/aromatic N) is 1. The first-order valence-electron chi connectivity index (χ1n) is 10.2. The lowest BCUT2D eigenvalue weighted by Gasteiger charge is -2.23. The summed E-state index contributed by atoms with van der Waals surface area (Å²) in [4.78, 5) is 0.474. The number of aryl methyl sites for hydroxylation is 2. The van der Waals surface area contributed by atoms with E-state index in [1.807, 2.05) is 13.1 Å². The molecule has 0 fully saturated rings.